The minimum Gasteiger partial charge on any atom is -0.339 e. The van der Waals surface area contributed by atoms with Gasteiger partial charge in [-0.3, -0.25) is 0 Å². The van der Waals surface area contributed by atoms with Crippen LogP contribution in [-0.2, 0) is 6.42 Å². The second-order valence-corrected chi connectivity index (χ2v) is 5.36. The summed E-state index contributed by atoms with van der Waals surface area (Å²) in [5, 5.41) is 7.36. The molecule has 90 valence electrons. The third kappa shape index (κ3) is 3.79. The molecular formula is C11H19N3OS. The van der Waals surface area contributed by atoms with E-state index in [1.165, 1.54) is 24.3 Å². The van der Waals surface area contributed by atoms with Gasteiger partial charge < -0.3 is 9.84 Å². The molecule has 1 saturated heterocycles. The molecule has 0 bridgehead atoms. The fraction of sp³-hybridized carbons (Fsp3) is 0.818. The van der Waals surface area contributed by atoms with Gasteiger partial charge in [-0.2, -0.15) is 16.7 Å². The standard InChI is InChI=1S/C11H19N3OS/c1-9-13-11(15-14-9)5-2-6-12-10-4-3-7-16-8-10/h10,12H,2-8H2,1H3. The highest BCUT2D eigenvalue weighted by Gasteiger charge is 2.12. The van der Waals surface area contributed by atoms with Crippen molar-refractivity contribution in [3.8, 4) is 0 Å². The molecular weight excluding hydrogens is 222 g/mol. The van der Waals surface area contributed by atoms with E-state index in [1.807, 2.05) is 6.92 Å². The molecule has 1 aromatic heterocycles. The van der Waals surface area contributed by atoms with E-state index >= 15 is 0 Å². The molecule has 0 aromatic carbocycles. The largest absolute Gasteiger partial charge is 0.339 e. The third-order valence-corrected chi connectivity index (χ3v) is 3.95. The molecule has 4 nitrogen and oxygen atoms in total. The summed E-state index contributed by atoms with van der Waals surface area (Å²) < 4.78 is 5.06. The number of hydrogen-bond acceptors (Lipinski definition) is 5. The van der Waals surface area contributed by atoms with Crippen molar-refractivity contribution < 1.29 is 4.52 Å². The Morgan fingerprint density at radius 3 is 3.19 bits per heavy atom. The molecule has 1 unspecified atom stereocenters. The molecule has 0 radical (unpaired) electrons. The molecule has 1 N–H and O–H groups in total. The van der Waals surface area contributed by atoms with Crippen LogP contribution in [0.3, 0.4) is 0 Å². The summed E-state index contributed by atoms with van der Waals surface area (Å²) in [6.07, 6.45) is 4.63. The van der Waals surface area contributed by atoms with Crippen LogP contribution >= 0.6 is 11.8 Å². The van der Waals surface area contributed by atoms with Crippen LogP contribution < -0.4 is 5.32 Å². The highest BCUT2D eigenvalue weighted by Crippen LogP contribution is 2.16. The van der Waals surface area contributed by atoms with Crippen LogP contribution in [0.15, 0.2) is 4.52 Å². The fourth-order valence-electron chi connectivity index (χ4n) is 1.89. The van der Waals surface area contributed by atoms with E-state index < -0.39 is 0 Å². The van der Waals surface area contributed by atoms with Crippen LogP contribution in [0.4, 0.5) is 0 Å². The van der Waals surface area contributed by atoms with Crippen molar-refractivity contribution in [3.05, 3.63) is 11.7 Å². The van der Waals surface area contributed by atoms with Crippen molar-refractivity contribution >= 4 is 11.8 Å². The van der Waals surface area contributed by atoms with Crippen LogP contribution in [0.2, 0.25) is 0 Å². The lowest BCUT2D eigenvalue weighted by atomic mass is 10.2. The summed E-state index contributed by atoms with van der Waals surface area (Å²) >= 11 is 2.06. The van der Waals surface area contributed by atoms with Gasteiger partial charge in [-0.25, -0.2) is 0 Å². The molecule has 1 fully saturated rings. The Bertz CT molecular complexity index is 310. The van der Waals surface area contributed by atoms with Crippen molar-refractivity contribution in [1.82, 2.24) is 15.5 Å². The van der Waals surface area contributed by atoms with Crippen molar-refractivity contribution in [2.45, 2.75) is 38.6 Å². The van der Waals surface area contributed by atoms with E-state index in [4.69, 9.17) is 4.52 Å². The monoisotopic (exact) mass is 241 g/mol. The van der Waals surface area contributed by atoms with Gasteiger partial charge in [0.25, 0.3) is 0 Å². The van der Waals surface area contributed by atoms with E-state index in [0.29, 0.717) is 6.04 Å². The second kappa shape index (κ2) is 6.25. The lowest BCUT2D eigenvalue weighted by Gasteiger charge is -2.22. The van der Waals surface area contributed by atoms with Crippen LogP contribution in [-0.4, -0.2) is 34.2 Å². The van der Waals surface area contributed by atoms with Gasteiger partial charge in [0.2, 0.25) is 5.89 Å². The zero-order chi connectivity index (χ0) is 11.2. The Morgan fingerprint density at radius 1 is 1.56 bits per heavy atom. The maximum absolute atomic E-state index is 5.06. The molecule has 2 heterocycles. The highest BCUT2D eigenvalue weighted by atomic mass is 32.2. The fourth-order valence-corrected chi connectivity index (χ4v) is 3.00. The third-order valence-electron chi connectivity index (χ3n) is 2.73. The summed E-state index contributed by atoms with van der Waals surface area (Å²) in [6, 6.07) is 0.711. The number of rotatable bonds is 5. The van der Waals surface area contributed by atoms with Gasteiger partial charge in [-0.1, -0.05) is 5.16 Å². The van der Waals surface area contributed by atoms with E-state index in [1.54, 1.807) is 0 Å². The minimum absolute atomic E-state index is 0.711. The smallest absolute Gasteiger partial charge is 0.226 e. The topological polar surface area (TPSA) is 51.0 Å². The van der Waals surface area contributed by atoms with Crippen LogP contribution in [0.25, 0.3) is 0 Å². The van der Waals surface area contributed by atoms with Gasteiger partial charge in [0.15, 0.2) is 5.82 Å². The SMILES string of the molecule is Cc1noc(CCCNC2CCCSC2)n1. The van der Waals surface area contributed by atoms with Crippen molar-refractivity contribution in [3.63, 3.8) is 0 Å². The number of thioether (sulfide) groups is 1. The molecule has 1 aromatic rings. The van der Waals surface area contributed by atoms with Gasteiger partial charge in [-0.15, -0.1) is 0 Å². The Hall–Kier alpha value is -0.550. The first-order valence-electron chi connectivity index (χ1n) is 5.95. The Labute approximate surface area is 101 Å². The van der Waals surface area contributed by atoms with Crippen LogP contribution in [0.5, 0.6) is 0 Å². The summed E-state index contributed by atoms with van der Waals surface area (Å²) in [5.74, 6) is 4.09. The zero-order valence-corrected chi connectivity index (χ0v) is 10.6. The number of hydrogen-bond donors (Lipinski definition) is 1. The molecule has 0 amide bonds. The number of aryl methyl sites for hydroxylation is 2. The van der Waals surface area contributed by atoms with Crippen molar-refractivity contribution in [2.24, 2.45) is 0 Å². The minimum atomic E-state index is 0.711. The van der Waals surface area contributed by atoms with E-state index in [-0.39, 0.29) is 0 Å². The predicted octanol–water partition coefficient (Wildman–Crippen LogP) is 1.80. The highest BCUT2D eigenvalue weighted by molar-refractivity contribution is 7.99. The lowest BCUT2D eigenvalue weighted by molar-refractivity contribution is 0.369. The summed E-state index contributed by atoms with van der Waals surface area (Å²) in [4.78, 5) is 4.19. The number of nitrogens with one attached hydrogen (secondary N) is 1. The number of aromatic nitrogens is 2. The van der Waals surface area contributed by atoms with Crippen molar-refractivity contribution in [2.75, 3.05) is 18.1 Å². The molecule has 1 aliphatic rings. The van der Waals surface area contributed by atoms with Gasteiger partial charge >= 0.3 is 0 Å². The predicted molar refractivity (Wildman–Crippen MR) is 65.7 cm³/mol. The van der Waals surface area contributed by atoms with Gasteiger partial charge in [0, 0.05) is 18.2 Å². The van der Waals surface area contributed by atoms with Gasteiger partial charge in [0.05, 0.1) is 0 Å². The molecule has 1 atom stereocenters. The quantitative estimate of drug-likeness (QED) is 0.797. The Morgan fingerprint density at radius 2 is 2.50 bits per heavy atom. The van der Waals surface area contributed by atoms with E-state index in [9.17, 15) is 0 Å². The lowest BCUT2D eigenvalue weighted by Crippen LogP contribution is -2.34. The molecule has 1 aliphatic heterocycles. The average molecular weight is 241 g/mol. The normalized spacial score (nSPS) is 21.2. The average Bonchev–Trinajstić information content (AvgIpc) is 2.72. The van der Waals surface area contributed by atoms with Crippen LogP contribution in [0.1, 0.15) is 31.0 Å². The second-order valence-electron chi connectivity index (χ2n) is 4.21. The number of nitrogens with zero attached hydrogens (tertiary/aromatic N) is 2. The molecule has 5 heteroatoms. The maximum Gasteiger partial charge on any atom is 0.226 e. The maximum atomic E-state index is 5.06. The first kappa shape index (κ1) is 11.9. The summed E-state index contributed by atoms with van der Waals surface area (Å²) in [6.45, 7) is 2.90. The summed E-state index contributed by atoms with van der Waals surface area (Å²) in [7, 11) is 0. The first-order chi connectivity index (χ1) is 7.84. The Kier molecular flexibility index (Phi) is 4.66. The van der Waals surface area contributed by atoms with E-state index in [0.717, 1.165) is 31.1 Å². The first-order valence-corrected chi connectivity index (χ1v) is 7.10. The van der Waals surface area contributed by atoms with Crippen molar-refractivity contribution in [1.29, 1.82) is 0 Å². The molecule has 0 aliphatic carbocycles. The van der Waals surface area contributed by atoms with Crippen LogP contribution in [0, 0.1) is 6.92 Å². The molecule has 16 heavy (non-hydrogen) atoms. The summed E-state index contributed by atoms with van der Waals surface area (Å²) in [5.41, 5.74) is 0. The van der Waals surface area contributed by atoms with Gasteiger partial charge in [0.1, 0.15) is 0 Å². The zero-order valence-electron chi connectivity index (χ0n) is 9.74. The molecule has 2 rings (SSSR count). The van der Waals surface area contributed by atoms with E-state index in [2.05, 4.69) is 27.2 Å². The molecule has 0 saturated carbocycles. The molecule has 0 spiro atoms. The van der Waals surface area contributed by atoms with Gasteiger partial charge in [-0.05, 0) is 38.5 Å². The Balaban J connectivity index is 1.57.